The maximum Gasteiger partial charge on any atom is 0.169 e. The van der Waals surface area contributed by atoms with Gasteiger partial charge in [-0.3, -0.25) is 0 Å². The Kier molecular flexibility index (Phi) is 6.15. The standard InChI is InChI=1S/C12H22N2O2/c1-4-7-14-8-5-6-11(14)9-13-10-12(15-2)16-3/h5-6,8,12-13H,4,7,9-10H2,1-3H3. The van der Waals surface area contributed by atoms with Crippen molar-refractivity contribution in [3.8, 4) is 0 Å². The second-order valence-electron chi connectivity index (χ2n) is 3.72. The van der Waals surface area contributed by atoms with Gasteiger partial charge in [0, 0.05) is 45.7 Å². The van der Waals surface area contributed by atoms with Gasteiger partial charge in [-0.05, 0) is 18.6 Å². The van der Waals surface area contributed by atoms with Gasteiger partial charge < -0.3 is 19.4 Å². The van der Waals surface area contributed by atoms with Crippen LogP contribution in [-0.4, -0.2) is 31.6 Å². The van der Waals surface area contributed by atoms with Crippen molar-refractivity contribution in [2.24, 2.45) is 0 Å². The number of aromatic nitrogens is 1. The van der Waals surface area contributed by atoms with Gasteiger partial charge in [-0.25, -0.2) is 0 Å². The van der Waals surface area contributed by atoms with Gasteiger partial charge >= 0.3 is 0 Å². The Morgan fingerprint density at radius 1 is 1.38 bits per heavy atom. The lowest BCUT2D eigenvalue weighted by molar-refractivity contribution is -0.0989. The molecular formula is C12H22N2O2. The molecule has 0 fully saturated rings. The van der Waals surface area contributed by atoms with Crippen LogP contribution in [0.5, 0.6) is 0 Å². The minimum absolute atomic E-state index is 0.172. The molecular weight excluding hydrogens is 204 g/mol. The van der Waals surface area contributed by atoms with E-state index in [1.807, 2.05) is 0 Å². The number of aryl methyl sites for hydroxylation is 1. The van der Waals surface area contributed by atoms with Crippen LogP contribution in [0, 0.1) is 0 Å². The summed E-state index contributed by atoms with van der Waals surface area (Å²) in [6.07, 6.45) is 3.10. The summed E-state index contributed by atoms with van der Waals surface area (Å²) in [4.78, 5) is 0. The molecule has 0 radical (unpaired) electrons. The van der Waals surface area contributed by atoms with Crippen molar-refractivity contribution in [3.63, 3.8) is 0 Å². The van der Waals surface area contributed by atoms with Crippen LogP contribution < -0.4 is 5.32 Å². The summed E-state index contributed by atoms with van der Waals surface area (Å²) in [5.74, 6) is 0. The molecule has 0 amide bonds. The number of methoxy groups -OCH3 is 2. The number of nitrogens with zero attached hydrogens (tertiary/aromatic N) is 1. The molecule has 1 N–H and O–H groups in total. The second kappa shape index (κ2) is 7.44. The number of hydrogen-bond acceptors (Lipinski definition) is 3. The normalized spacial score (nSPS) is 11.2. The third-order valence-electron chi connectivity index (χ3n) is 2.53. The zero-order chi connectivity index (χ0) is 11.8. The smallest absolute Gasteiger partial charge is 0.169 e. The fourth-order valence-corrected chi connectivity index (χ4v) is 1.65. The van der Waals surface area contributed by atoms with E-state index in [1.165, 1.54) is 5.69 Å². The topological polar surface area (TPSA) is 35.4 Å². The molecule has 4 nitrogen and oxygen atoms in total. The molecule has 0 aromatic carbocycles. The van der Waals surface area contributed by atoms with Crippen LogP contribution in [0.25, 0.3) is 0 Å². The summed E-state index contributed by atoms with van der Waals surface area (Å²) in [5, 5.41) is 3.32. The second-order valence-corrected chi connectivity index (χ2v) is 3.72. The first kappa shape index (κ1) is 13.2. The Labute approximate surface area is 97.5 Å². The molecule has 0 unspecified atom stereocenters. The molecule has 16 heavy (non-hydrogen) atoms. The van der Waals surface area contributed by atoms with E-state index in [2.05, 4.69) is 35.1 Å². The monoisotopic (exact) mass is 226 g/mol. The summed E-state index contributed by atoms with van der Waals surface area (Å²) in [5.41, 5.74) is 1.30. The molecule has 0 aliphatic carbocycles. The van der Waals surface area contributed by atoms with Crippen LogP contribution >= 0.6 is 0 Å². The summed E-state index contributed by atoms with van der Waals surface area (Å²) in [6.45, 7) is 4.80. The predicted octanol–water partition coefficient (Wildman–Crippen LogP) is 1.61. The van der Waals surface area contributed by atoms with Crippen molar-refractivity contribution in [1.82, 2.24) is 9.88 Å². The first-order valence-electron chi connectivity index (χ1n) is 5.72. The molecule has 0 aliphatic heterocycles. The van der Waals surface area contributed by atoms with Crippen molar-refractivity contribution in [1.29, 1.82) is 0 Å². The summed E-state index contributed by atoms with van der Waals surface area (Å²) in [7, 11) is 3.30. The molecule has 0 saturated heterocycles. The van der Waals surface area contributed by atoms with Crippen LogP contribution in [0.4, 0.5) is 0 Å². The number of ether oxygens (including phenoxy) is 2. The summed E-state index contributed by atoms with van der Waals surface area (Å²) >= 11 is 0. The van der Waals surface area contributed by atoms with Crippen LogP contribution in [0.3, 0.4) is 0 Å². The highest BCUT2D eigenvalue weighted by Crippen LogP contribution is 2.03. The predicted molar refractivity (Wildman–Crippen MR) is 64.2 cm³/mol. The largest absolute Gasteiger partial charge is 0.355 e. The first-order valence-corrected chi connectivity index (χ1v) is 5.72. The molecule has 1 rings (SSSR count). The molecule has 4 heteroatoms. The van der Waals surface area contributed by atoms with Gasteiger partial charge in [0.2, 0.25) is 0 Å². The molecule has 0 aliphatic rings. The molecule has 0 saturated carbocycles. The molecule has 0 atom stereocenters. The van der Waals surface area contributed by atoms with Crippen LogP contribution in [0.1, 0.15) is 19.0 Å². The molecule has 1 aromatic heterocycles. The quantitative estimate of drug-likeness (QED) is 0.684. The van der Waals surface area contributed by atoms with E-state index in [1.54, 1.807) is 14.2 Å². The van der Waals surface area contributed by atoms with Gasteiger partial charge in [0.25, 0.3) is 0 Å². The van der Waals surface area contributed by atoms with Gasteiger partial charge in [0.05, 0.1) is 0 Å². The third kappa shape index (κ3) is 3.96. The Balaban J connectivity index is 2.33. The average Bonchev–Trinajstić information content (AvgIpc) is 2.73. The van der Waals surface area contributed by atoms with E-state index in [0.29, 0.717) is 6.54 Å². The zero-order valence-electron chi connectivity index (χ0n) is 10.4. The first-order chi connectivity index (χ1) is 7.81. The Morgan fingerprint density at radius 2 is 2.12 bits per heavy atom. The molecule has 0 bridgehead atoms. The average molecular weight is 226 g/mol. The van der Waals surface area contributed by atoms with Crippen LogP contribution in [0.15, 0.2) is 18.3 Å². The van der Waals surface area contributed by atoms with E-state index in [4.69, 9.17) is 9.47 Å². The molecule has 1 heterocycles. The van der Waals surface area contributed by atoms with Crippen molar-refractivity contribution in [3.05, 3.63) is 24.0 Å². The molecule has 92 valence electrons. The minimum atomic E-state index is -0.172. The fourth-order valence-electron chi connectivity index (χ4n) is 1.65. The Morgan fingerprint density at radius 3 is 2.75 bits per heavy atom. The van der Waals surface area contributed by atoms with Gasteiger partial charge in [-0.15, -0.1) is 0 Å². The highest BCUT2D eigenvalue weighted by Gasteiger charge is 2.05. The Bertz CT molecular complexity index is 282. The molecule has 0 spiro atoms. The maximum absolute atomic E-state index is 5.11. The van der Waals surface area contributed by atoms with Gasteiger partial charge in [0.15, 0.2) is 6.29 Å². The Hall–Kier alpha value is -0.840. The van der Waals surface area contributed by atoms with Crippen LogP contribution in [0.2, 0.25) is 0 Å². The third-order valence-corrected chi connectivity index (χ3v) is 2.53. The van der Waals surface area contributed by atoms with E-state index in [9.17, 15) is 0 Å². The number of hydrogen-bond donors (Lipinski definition) is 1. The summed E-state index contributed by atoms with van der Waals surface area (Å²) in [6, 6.07) is 4.22. The number of nitrogens with one attached hydrogen (secondary N) is 1. The fraction of sp³-hybridized carbons (Fsp3) is 0.667. The number of rotatable bonds is 8. The van der Waals surface area contributed by atoms with Gasteiger partial charge in [-0.1, -0.05) is 6.92 Å². The van der Waals surface area contributed by atoms with Crippen molar-refractivity contribution < 1.29 is 9.47 Å². The van der Waals surface area contributed by atoms with Gasteiger partial charge in [0.1, 0.15) is 0 Å². The highest BCUT2D eigenvalue weighted by atomic mass is 16.7. The zero-order valence-corrected chi connectivity index (χ0v) is 10.4. The highest BCUT2D eigenvalue weighted by molar-refractivity contribution is 5.06. The van der Waals surface area contributed by atoms with E-state index < -0.39 is 0 Å². The molecule has 1 aromatic rings. The van der Waals surface area contributed by atoms with Gasteiger partial charge in [-0.2, -0.15) is 0 Å². The van der Waals surface area contributed by atoms with Crippen molar-refractivity contribution in [2.75, 3.05) is 20.8 Å². The summed E-state index contributed by atoms with van der Waals surface area (Å²) < 4.78 is 12.5. The van der Waals surface area contributed by atoms with Crippen LogP contribution in [-0.2, 0) is 22.6 Å². The van der Waals surface area contributed by atoms with E-state index in [0.717, 1.165) is 19.5 Å². The lowest BCUT2D eigenvalue weighted by Crippen LogP contribution is -2.29. The van der Waals surface area contributed by atoms with E-state index in [-0.39, 0.29) is 6.29 Å². The SMILES string of the molecule is CCCn1cccc1CNCC(OC)OC. The lowest BCUT2D eigenvalue weighted by Gasteiger charge is -2.14. The lowest BCUT2D eigenvalue weighted by atomic mass is 10.4. The van der Waals surface area contributed by atoms with Crippen molar-refractivity contribution >= 4 is 0 Å². The minimum Gasteiger partial charge on any atom is -0.355 e. The maximum atomic E-state index is 5.11. The van der Waals surface area contributed by atoms with Crippen molar-refractivity contribution in [2.45, 2.75) is 32.7 Å². The van der Waals surface area contributed by atoms with E-state index >= 15 is 0 Å².